The van der Waals surface area contributed by atoms with Gasteiger partial charge >= 0.3 is 0 Å². The van der Waals surface area contributed by atoms with E-state index in [1.165, 1.54) is 43.6 Å². The molecule has 0 aliphatic carbocycles. The van der Waals surface area contributed by atoms with Gasteiger partial charge < -0.3 is 5.32 Å². The number of hydrogen-bond acceptors (Lipinski definition) is 5. The van der Waals surface area contributed by atoms with Crippen LogP contribution in [0.1, 0.15) is 20.9 Å². The molecule has 7 nitrogen and oxygen atoms in total. The average Bonchev–Trinajstić information content (AvgIpc) is 3.31. The second-order valence-electron chi connectivity index (χ2n) is 7.52. The molecular weight excluding hydrogens is 451 g/mol. The number of carbonyl (C=O) groups excluding carboxylic acids is 1. The summed E-state index contributed by atoms with van der Waals surface area (Å²) in [6.45, 7) is 3.55. The van der Waals surface area contributed by atoms with E-state index in [9.17, 15) is 17.6 Å². The number of aromatic nitrogens is 2. The van der Waals surface area contributed by atoms with Gasteiger partial charge in [-0.2, -0.15) is 5.10 Å². The molecular formula is C22H21FN4O3S2. The number of anilines is 1. The van der Waals surface area contributed by atoms with Crippen LogP contribution < -0.4 is 5.32 Å². The highest BCUT2D eigenvalue weighted by atomic mass is 32.2. The lowest BCUT2D eigenvalue weighted by Crippen LogP contribution is -2.23. The van der Waals surface area contributed by atoms with Gasteiger partial charge in [0.05, 0.1) is 21.2 Å². The summed E-state index contributed by atoms with van der Waals surface area (Å²) in [5, 5.41) is 8.11. The molecule has 0 bridgehead atoms. The van der Waals surface area contributed by atoms with E-state index in [2.05, 4.69) is 10.4 Å². The van der Waals surface area contributed by atoms with Crippen LogP contribution in [0.4, 0.5) is 10.1 Å². The van der Waals surface area contributed by atoms with Crippen molar-refractivity contribution in [2.45, 2.75) is 18.7 Å². The van der Waals surface area contributed by atoms with Gasteiger partial charge in [0, 0.05) is 25.2 Å². The molecule has 0 atom stereocenters. The zero-order valence-electron chi connectivity index (χ0n) is 17.9. The third-order valence-corrected chi connectivity index (χ3v) is 8.11. The first-order chi connectivity index (χ1) is 15.1. The molecule has 2 aromatic carbocycles. The summed E-state index contributed by atoms with van der Waals surface area (Å²) < 4.78 is 41.2. The van der Waals surface area contributed by atoms with Gasteiger partial charge in [-0.25, -0.2) is 21.8 Å². The lowest BCUT2D eigenvalue weighted by molar-refractivity contribution is 0.103. The summed E-state index contributed by atoms with van der Waals surface area (Å²) in [6.07, 6.45) is 0. The third kappa shape index (κ3) is 3.92. The van der Waals surface area contributed by atoms with E-state index in [0.29, 0.717) is 21.8 Å². The molecule has 10 heteroatoms. The predicted molar refractivity (Wildman–Crippen MR) is 124 cm³/mol. The Hall–Kier alpha value is -3.08. The Labute approximate surface area is 189 Å². The lowest BCUT2D eigenvalue weighted by atomic mass is 10.2. The number of nitrogens with zero attached hydrogens (tertiary/aromatic N) is 3. The van der Waals surface area contributed by atoms with Gasteiger partial charge in [0.25, 0.3) is 5.91 Å². The highest BCUT2D eigenvalue weighted by Crippen LogP contribution is 2.31. The van der Waals surface area contributed by atoms with Crippen LogP contribution in [-0.4, -0.2) is 42.5 Å². The van der Waals surface area contributed by atoms with Crippen molar-refractivity contribution >= 4 is 43.2 Å². The van der Waals surface area contributed by atoms with Gasteiger partial charge in [-0.3, -0.25) is 4.79 Å². The number of thiophene rings is 1. The Balaban J connectivity index is 1.67. The zero-order valence-corrected chi connectivity index (χ0v) is 19.5. The Morgan fingerprint density at radius 2 is 1.78 bits per heavy atom. The number of hydrogen-bond donors (Lipinski definition) is 1. The smallest absolute Gasteiger partial charge is 0.265 e. The van der Waals surface area contributed by atoms with E-state index in [1.54, 1.807) is 41.9 Å². The van der Waals surface area contributed by atoms with Crippen molar-refractivity contribution < 1.29 is 17.6 Å². The molecule has 4 rings (SSSR count). The molecule has 166 valence electrons. The number of nitrogens with one attached hydrogen (secondary N) is 1. The van der Waals surface area contributed by atoms with Crippen LogP contribution in [0.15, 0.2) is 53.4 Å². The van der Waals surface area contributed by atoms with Crippen LogP contribution in [0, 0.1) is 19.7 Å². The van der Waals surface area contributed by atoms with E-state index < -0.39 is 10.0 Å². The van der Waals surface area contributed by atoms with Crippen molar-refractivity contribution in [1.29, 1.82) is 0 Å². The number of rotatable bonds is 5. The second kappa shape index (κ2) is 8.12. The standard InChI is InChI=1S/C22H21FN4O3S2/c1-13-5-8-16(11-20(13)32(29,30)26(3)4)24-21(28)19-12-18-14(2)25-27(22(18)31-19)17-9-6-15(23)7-10-17/h5-12H,1-4H3,(H,24,28). The summed E-state index contributed by atoms with van der Waals surface area (Å²) in [5.74, 6) is -0.692. The van der Waals surface area contributed by atoms with Gasteiger partial charge in [-0.1, -0.05) is 6.07 Å². The van der Waals surface area contributed by atoms with Crippen molar-refractivity contribution in [3.63, 3.8) is 0 Å². The SMILES string of the molecule is Cc1ccc(NC(=O)c2cc3c(C)nn(-c4ccc(F)cc4)c3s2)cc1S(=O)(=O)N(C)C. The lowest BCUT2D eigenvalue weighted by Gasteiger charge is -2.15. The number of aryl methyl sites for hydroxylation is 2. The maximum absolute atomic E-state index is 13.3. The average molecular weight is 473 g/mol. The van der Waals surface area contributed by atoms with Crippen molar-refractivity contribution in [1.82, 2.24) is 14.1 Å². The van der Waals surface area contributed by atoms with Gasteiger partial charge in [0.15, 0.2) is 0 Å². The minimum atomic E-state index is -3.64. The quantitative estimate of drug-likeness (QED) is 0.468. The van der Waals surface area contributed by atoms with Gasteiger partial charge in [-0.15, -0.1) is 11.3 Å². The fraction of sp³-hybridized carbons (Fsp3) is 0.182. The molecule has 0 saturated heterocycles. The molecule has 0 spiro atoms. The number of halogens is 1. The number of carbonyl (C=O) groups is 1. The van der Waals surface area contributed by atoms with Crippen molar-refractivity contribution in [3.05, 3.63) is 70.5 Å². The summed E-state index contributed by atoms with van der Waals surface area (Å²) in [6, 6.07) is 12.5. The Morgan fingerprint density at radius 1 is 1.09 bits per heavy atom. The first-order valence-electron chi connectivity index (χ1n) is 9.67. The van der Waals surface area contributed by atoms with Crippen LogP contribution in [0.2, 0.25) is 0 Å². The third-order valence-electron chi connectivity index (χ3n) is 5.04. The van der Waals surface area contributed by atoms with Crippen LogP contribution in [0.5, 0.6) is 0 Å². The van der Waals surface area contributed by atoms with Crippen molar-refractivity contribution in [2.75, 3.05) is 19.4 Å². The maximum Gasteiger partial charge on any atom is 0.265 e. The first-order valence-corrected chi connectivity index (χ1v) is 11.9. The predicted octanol–water partition coefficient (Wildman–Crippen LogP) is 4.35. The molecule has 4 aromatic rings. The largest absolute Gasteiger partial charge is 0.321 e. The molecule has 0 aliphatic heterocycles. The molecule has 0 unspecified atom stereocenters. The summed E-state index contributed by atoms with van der Waals surface area (Å²) in [5.41, 5.74) is 2.41. The number of sulfonamides is 1. The van der Waals surface area contributed by atoms with Crippen LogP contribution in [-0.2, 0) is 10.0 Å². The highest BCUT2D eigenvalue weighted by Gasteiger charge is 2.22. The fourth-order valence-electron chi connectivity index (χ4n) is 3.26. The Bertz CT molecular complexity index is 1440. The fourth-order valence-corrected chi connectivity index (χ4v) is 5.48. The summed E-state index contributed by atoms with van der Waals surface area (Å²) >= 11 is 1.26. The first kappa shape index (κ1) is 22.1. The molecule has 2 heterocycles. The minimum Gasteiger partial charge on any atom is -0.321 e. The van der Waals surface area contributed by atoms with E-state index in [0.717, 1.165) is 20.2 Å². The number of benzene rings is 2. The van der Waals surface area contributed by atoms with E-state index in [1.807, 2.05) is 6.92 Å². The maximum atomic E-state index is 13.3. The number of fused-ring (bicyclic) bond motifs is 1. The van der Waals surface area contributed by atoms with Gasteiger partial charge in [0.2, 0.25) is 10.0 Å². The molecule has 1 N–H and O–H groups in total. The van der Waals surface area contributed by atoms with E-state index in [-0.39, 0.29) is 16.6 Å². The minimum absolute atomic E-state index is 0.138. The number of amides is 1. The topological polar surface area (TPSA) is 84.3 Å². The summed E-state index contributed by atoms with van der Waals surface area (Å²) in [7, 11) is -0.716. The second-order valence-corrected chi connectivity index (χ2v) is 10.7. The highest BCUT2D eigenvalue weighted by molar-refractivity contribution is 7.89. The van der Waals surface area contributed by atoms with Crippen LogP contribution in [0.25, 0.3) is 15.9 Å². The molecule has 32 heavy (non-hydrogen) atoms. The molecule has 1 amide bonds. The van der Waals surface area contributed by atoms with Crippen molar-refractivity contribution in [2.24, 2.45) is 0 Å². The Morgan fingerprint density at radius 3 is 2.44 bits per heavy atom. The Kier molecular flexibility index (Phi) is 5.61. The zero-order chi connectivity index (χ0) is 23.2. The van der Waals surface area contributed by atoms with Crippen LogP contribution >= 0.6 is 11.3 Å². The normalized spacial score (nSPS) is 11.9. The van der Waals surface area contributed by atoms with E-state index in [4.69, 9.17) is 0 Å². The van der Waals surface area contributed by atoms with Crippen LogP contribution in [0.3, 0.4) is 0 Å². The monoisotopic (exact) mass is 472 g/mol. The molecule has 0 aliphatic rings. The molecule has 0 radical (unpaired) electrons. The molecule has 0 saturated carbocycles. The van der Waals surface area contributed by atoms with E-state index >= 15 is 0 Å². The molecule has 0 fully saturated rings. The summed E-state index contributed by atoms with van der Waals surface area (Å²) in [4.78, 5) is 14.3. The van der Waals surface area contributed by atoms with Gasteiger partial charge in [0.1, 0.15) is 10.6 Å². The van der Waals surface area contributed by atoms with Gasteiger partial charge in [-0.05, 0) is 61.9 Å². The molecule has 2 aromatic heterocycles. The van der Waals surface area contributed by atoms with Crippen molar-refractivity contribution in [3.8, 4) is 5.69 Å².